The Morgan fingerprint density at radius 2 is 1.69 bits per heavy atom. The topological polar surface area (TPSA) is 69.2 Å². The van der Waals surface area contributed by atoms with E-state index in [9.17, 15) is 27.9 Å². The molecule has 1 N–H and O–H groups in total. The Hall–Kier alpha value is -2.57. The molecule has 0 heterocycles. The summed E-state index contributed by atoms with van der Waals surface area (Å²) in [5, 5.41) is 14.1. The third-order valence-corrected chi connectivity index (χ3v) is 5.01. The smallest absolute Gasteiger partial charge is 0.416 e. The number of carbonyl (C=O) groups excluding carboxylic acids is 2. The predicted molar refractivity (Wildman–Crippen MR) is 86.6 cm³/mol. The van der Waals surface area contributed by atoms with E-state index in [1.165, 1.54) is 12.1 Å². The van der Waals surface area contributed by atoms with Crippen LogP contribution in [0.1, 0.15) is 19.4 Å². The fourth-order valence-electron chi connectivity index (χ4n) is 4.03. The minimum Gasteiger partial charge on any atom is -0.550 e. The van der Waals surface area contributed by atoms with Crippen molar-refractivity contribution >= 4 is 17.6 Å². The molecule has 26 heavy (non-hydrogen) atoms. The molecule has 0 spiro atoms. The monoisotopic (exact) mass is 364 g/mol. The van der Waals surface area contributed by atoms with Crippen molar-refractivity contribution in [3.63, 3.8) is 0 Å². The molecule has 0 saturated heterocycles. The number of nitrogens with one attached hydrogen (secondary N) is 1. The zero-order chi connectivity index (χ0) is 19.2. The van der Waals surface area contributed by atoms with Gasteiger partial charge in [-0.2, -0.15) is 13.2 Å². The summed E-state index contributed by atoms with van der Waals surface area (Å²) in [7, 11) is 0. The normalized spacial score (nSPS) is 26.9. The van der Waals surface area contributed by atoms with Crippen LogP contribution in [0.15, 0.2) is 47.6 Å². The Morgan fingerprint density at radius 3 is 2.23 bits per heavy atom. The molecule has 2 aliphatic carbocycles. The maximum atomic E-state index is 12.8. The Bertz CT molecular complexity index is 822. The molecule has 0 radical (unpaired) electrons. The van der Waals surface area contributed by atoms with Crippen molar-refractivity contribution in [1.82, 2.24) is 0 Å². The lowest BCUT2D eigenvalue weighted by Gasteiger charge is -2.27. The van der Waals surface area contributed by atoms with Crippen LogP contribution in [0, 0.1) is 23.7 Å². The molecule has 0 aliphatic heterocycles. The minimum absolute atomic E-state index is 0.0209. The highest BCUT2D eigenvalue weighted by Crippen LogP contribution is 2.53. The average molecular weight is 364 g/mol. The molecule has 138 valence electrons. The number of amides is 1. The van der Waals surface area contributed by atoms with Crippen molar-refractivity contribution in [2.75, 3.05) is 5.32 Å². The van der Waals surface area contributed by atoms with Crippen LogP contribution in [0.2, 0.25) is 0 Å². The largest absolute Gasteiger partial charge is 0.550 e. The Kier molecular flexibility index (Phi) is 4.42. The van der Waals surface area contributed by atoms with Crippen LogP contribution in [0.5, 0.6) is 0 Å². The third-order valence-electron chi connectivity index (χ3n) is 5.01. The SMILES string of the molecule is CC(C)=C1[C@H]2C=C[C@@H]1[C@@H](C(=O)Nc1cccc(C(F)(F)F)c1)[C@H]2C(=O)[O-]. The number of rotatable bonds is 3. The van der Waals surface area contributed by atoms with Gasteiger partial charge in [-0.25, -0.2) is 0 Å². The Balaban J connectivity index is 1.89. The maximum Gasteiger partial charge on any atom is 0.416 e. The van der Waals surface area contributed by atoms with E-state index in [1.807, 2.05) is 13.8 Å². The molecule has 1 fully saturated rings. The van der Waals surface area contributed by atoms with Crippen molar-refractivity contribution in [2.24, 2.45) is 23.7 Å². The van der Waals surface area contributed by atoms with E-state index in [1.54, 1.807) is 12.2 Å². The number of aliphatic carboxylic acids is 1. The molecule has 1 aromatic rings. The molecule has 3 rings (SSSR count). The van der Waals surface area contributed by atoms with Gasteiger partial charge < -0.3 is 15.2 Å². The average Bonchev–Trinajstić information content (AvgIpc) is 3.10. The molecule has 2 bridgehead atoms. The van der Waals surface area contributed by atoms with Crippen LogP contribution < -0.4 is 10.4 Å². The molecule has 1 amide bonds. The summed E-state index contributed by atoms with van der Waals surface area (Å²) in [6.45, 7) is 3.70. The van der Waals surface area contributed by atoms with Crippen LogP contribution in [0.4, 0.5) is 18.9 Å². The molecule has 2 aliphatic rings. The minimum atomic E-state index is -4.53. The standard InChI is InChI=1S/C19H18F3NO3/c1-9(2)14-12-6-7-13(14)16(18(25)26)15(12)17(24)23-11-5-3-4-10(8-11)19(20,21)22/h3-8,12-13,15-16H,1-2H3,(H,23,24)(H,25,26)/p-1/t12-,13+,15+,16-/m0/s1. The van der Waals surface area contributed by atoms with Crippen molar-refractivity contribution < 1.29 is 27.9 Å². The van der Waals surface area contributed by atoms with Gasteiger partial charge in [-0.3, -0.25) is 4.79 Å². The number of allylic oxidation sites excluding steroid dienone is 4. The molecule has 0 unspecified atom stereocenters. The van der Waals surface area contributed by atoms with E-state index in [4.69, 9.17) is 0 Å². The number of hydrogen-bond acceptors (Lipinski definition) is 3. The molecule has 0 aromatic heterocycles. The Morgan fingerprint density at radius 1 is 1.08 bits per heavy atom. The second-order valence-electron chi connectivity index (χ2n) is 6.83. The first-order valence-corrected chi connectivity index (χ1v) is 8.16. The van der Waals surface area contributed by atoms with Gasteiger partial charge in [0.2, 0.25) is 5.91 Å². The van der Waals surface area contributed by atoms with E-state index >= 15 is 0 Å². The Labute approximate surface area is 148 Å². The van der Waals surface area contributed by atoms with Gasteiger partial charge in [-0.15, -0.1) is 0 Å². The summed E-state index contributed by atoms with van der Waals surface area (Å²) in [4.78, 5) is 24.3. The number of carboxylic acids is 1. The number of fused-ring (bicyclic) bond motifs is 2. The molecular formula is C19H17F3NO3-. The van der Waals surface area contributed by atoms with Crippen LogP contribution in [-0.4, -0.2) is 11.9 Å². The van der Waals surface area contributed by atoms with Crippen LogP contribution >= 0.6 is 0 Å². The van der Waals surface area contributed by atoms with Crippen molar-refractivity contribution in [3.8, 4) is 0 Å². The highest BCUT2D eigenvalue weighted by molar-refractivity contribution is 5.97. The third kappa shape index (κ3) is 3.02. The van der Waals surface area contributed by atoms with Gasteiger partial charge in [0.1, 0.15) is 0 Å². The zero-order valence-corrected chi connectivity index (χ0v) is 14.1. The van der Waals surface area contributed by atoms with Gasteiger partial charge >= 0.3 is 6.18 Å². The molecule has 4 atom stereocenters. The molecule has 4 nitrogen and oxygen atoms in total. The van der Waals surface area contributed by atoms with E-state index in [0.717, 1.165) is 23.3 Å². The van der Waals surface area contributed by atoms with Crippen LogP contribution in [0.25, 0.3) is 0 Å². The molecule has 1 saturated carbocycles. The summed E-state index contributed by atoms with van der Waals surface area (Å²) < 4.78 is 38.5. The highest BCUT2D eigenvalue weighted by Gasteiger charge is 2.52. The number of carboxylic acid groups (broad SMARTS) is 1. The number of carbonyl (C=O) groups is 2. The van der Waals surface area contributed by atoms with Gasteiger partial charge in [-0.05, 0) is 32.0 Å². The zero-order valence-electron chi connectivity index (χ0n) is 14.1. The fraction of sp³-hybridized carbons (Fsp3) is 0.368. The van der Waals surface area contributed by atoms with Gasteiger partial charge in [0, 0.05) is 29.4 Å². The quantitative estimate of drug-likeness (QED) is 0.839. The lowest BCUT2D eigenvalue weighted by molar-refractivity contribution is -0.313. The fourth-order valence-corrected chi connectivity index (χ4v) is 4.03. The summed E-state index contributed by atoms with van der Waals surface area (Å²) >= 11 is 0. The predicted octanol–water partition coefficient (Wildman–Crippen LogP) is 2.78. The van der Waals surface area contributed by atoms with E-state index in [2.05, 4.69) is 5.32 Å². The lowest BCUT2D eigenvalue weighted by atomic mass is 9.82. The second-order valence-corrected chi connectivity index (χ2v) is 6.83. The summed E-state index contributed by atoms with van der Waals surface area (Å²) in [5.74, 6) is -4.67. The van der Waals surface area contributed by atoms with Gasteiger partial charge in [-0.1, -0.05) is 29.4 Å². The second kappa shape index (κ2) is 6.30. The highest BCUT2D eigenvalue weighted by atomic mass is 19.4. The molecular weight excluding hydrogens is 347 g/mol. The molecule has 7 heteroatoms. The van der Waals surface area contributed by atoms with Gasteiger partial charge in [0.25, 0.3) is 0 Å². The first-order chi connectivity index (χ1) is 12.1. The number of anilines is 1. The first-order valence-electron chi connectivity index (χ1n) is 8.16. The summed E-state index contributed by atoms with van der Waals surface area (Å²) in [6.07, 6.45) is -0.969. The number of alkyl halides is 3. The van der Waals surface area contributed by atoms with E-state index in [0.29, 0.717) is 0 Å². The molecule has 1 aromatic carbocycles. The van der Waals surface area contributed by atoms with E-state index < -0.39 is 41.4 Å². The summed E-state index contributed by atoms with van der Waals surface area (Å²) in [6, 6.07) is 4.26. The van der Waals surface area contributed by atoms with Crippen molar-refractivity contribution in [1.29, 1.82) is 0 Å². The first kappa shape index (κ1) is 18.2. The van der Waals surface area contributed by atoms with Gasteiger partial charge in [0.15, 0.2) is 0 Å². The van der Waals surface area contributed by atoms with Crippen molar-refractivity contribution in [3.05, 3.63) is 53.1 Å². The van der Waals surface area contributed by atoms with Crippen LogP contribution in [-0.2, 0) is 15.8 Å². The maximum absolute atomic E-state index is 12.8. The van der Waals surface area contributed by atoms with E-state index in [-0.39, 0.29) is 11.6 Å². The van der Waals surface area contributed by atoms with Crippen molar-refractivity contribution in [2.45, 2.75) is 20.0 Å². The number of hydrogen-bond donors (Lipinski definition) is 1. The number of benzene rings is 1. The summed E-state index contributed by atoms with van der Waals surface area (Å²) in [5.41, 5.74) is 0.908. The van der Waals surface area contributed by atoms with Gasteiger partial charge in [0.05, 0.1) is 11.5 Å². The van der Waals surface area contributed by atoms with Crippen LogP contribution in [0.3, 0.4) is 0 Å². The number of halogens is 3. The lowest BCUT2D eigenvalue weighted by Crippen LogP contribution is -2.42.